The van der Waals surface area contributed by atoms with Gasteiger partial charge in [0.25, 0.3) is 0 Å². The highest BCUT2D eigenvalue weighted by Crippen LogP contribution is 2.09. The Morgan fingerprint density at radius 2 is 2.47 bits per heavy atom. The van der Waals surface area contributed by atoms with Crippen molar-refractivity contribution >= 4 is 11.7 Å². The molecule has 2 N–H and O–H groups in total. The van der Waals surface area contributed by atoms with E-state index in [0.717, 1.165) is 12.1 Å². The van der Waals surface area contributed by atoms with Crippen LogP contribution in [0.5, 0.6) is 0 Å². The zero-order valence-electron chi connectivity index (χ0n) is 9.68. The normalized spacial score (nSPS) is 11.5. The quantitative estimate of drug-likeness (QED) is 0.732. The standard InChI is InChI=1S/C12H15N3O2/c1-9(12(16)17)3-2-5-14-10-4-6-15-11(7-10)8-13/h4,6-7,9H,2-3,5H2,1H3,(H,14,15)(H,16,17). The van der Waals surface area contributed by atoms with Gasteiger partial charge in [-0.25, -0.2) is 4.98 Å². The number of carbonyl (C=O) groups is 1. The number of aliphatic carboxylic acids is 1. The fourth-order valence-corrected chi connectivity index (χ4v) is 1.37. The third-order valence-electron chi connectivity index (χ3n) is 2.44. The molecule has 1 aromatic heterocycles. The number of nitriles is 1. The number of pyridine rings is 1. The second kappa shape index (κ2) is 6.48. The van der Waals surface area contributed by atoms with E-state index in [1.54, 1.807) is 25.3 Å². The van der Waals surface area contributed by atoms with Crippen LogP contribution in [0.25, 0.3) is 0 Å². The van der Waals surface area contributed by atoms with E-state index in [4.69, 9.17) is 10.4 Å². The number of anilines is 1. The zero-order chi connectivity index (χ0) is 12.7. The van der Waals surface area contributed by atoms with E-state index in [9.17, 15) is 4.79 Å². The van der Waals surface area contributed by atoms with Crippen molar-refractivity contribution < 1.29 is 9.90 Å². The Bertz CT molecular complexity index is 426. The number of carboxylic acid groups (broad SMARTS) is 1. The van der Waals surface area contributed by atoms with Crippen LogP contribution in [-0.4, -0.2) is 22.6 Å². The number of carboxylic acids is 1. The van der Waals surface area contributed by atoms with Crippen molar-refractivity contribution in [3.05, 3.63) is 24.0 Å². The molecule has 90 valence electrons. The maximum atomic E-state index is 10.6. The van der Waals surface area contributed by atoms with Crippen LogP contribution in [0.3, 0.4) is 0 Å². The van der Waals surface area contributed by atoms with Gasteiger partial charge in [0, 0.05) is 18.4 Å². The maximum Gasteiger partial charge on any atom is 0.306 e. The number of rotatable bonds is 6. The Labute approximate surface area is 100 Å². The highest BCUT2D eigenvalue weighted by molar-refractivity contribution is 5.69. The lowest BCUT2D eigenvalue weighted by atomic mass is 10.1. The minimum absolute atomic E-state index is 0.316. The molecule has 1 aromatic rings. The van der Waals surface area contributed by atoms with Gasteiger partial charge in [-0.1, -0.05) is 6.92 Å². The molecule has 0 saturated heterocycles. The first-order valence-corrected chi connectivity index (χ1v) is 5.46. The van der Waals surface area contributed by atoms with Gasteiger partial charge in [-0.2, -0.15) is 5.26 Å². The van der Waals surface area contributed by atoms with Crippen LogP contribution < -0.4 is 5.32 Å². The van der Waals surface area contributed by atoms with E-state index < -0.39 is 5.97 Å². The fourth-order valence-electron chi connectivity index (χ4n) is 1.37. The van der Waals surface area contributed by atoms with Crippen molar-refractivity contribution in [1.82, 2.24) is 4.98 Å². The predicted octanol–water partition coefficient (Wildman–Crippen LogP) is 1.87. The molecule has 0 aromatic carbocycles. The first-order chi connectivity index (χ1) is 8.13. The largest absolute Gasteiger partial charge is 0.481 e. The molecule has 0 spiro atoms. The monoisotopic (exact) mass is 233 g/mol. The summed E-state index contributed by atoms with van der Waals surface area (Å²) in [6.07, 6.45) is 2.98. The summed E-state index contributed by atoms with van der Waals surface area (Å²) in [7, 11) is 0. The van der Waals surface area contributed by atoms with Crippen molar-refractivity contribution in [2.45, 2.75) is 19.8 Å². The van der Waals surface area contributed by atoms with Crippen LogP contribution >= 0.6 is 0 Å². The van der Waals surface area contributed by atoms with Crippen molar-refractivity contribution in [1.29, 1.82) is 5.26 Å². The number of aromatic nitrogens is 1. The molecule has 5 nitrogen and oxygen atoms in total. The van der Waals surface area contributed by atoms with E-state index in [1.807, 2.05) is 6.07 Å². The summed E-state index contributed by atoms with van der Waals surface area (Å²) in [5, 5.41) is 20.5. The van der Waals surface area contributed by atoms with Gasteiger partial charge in [-0.15, -0.1) is 0 Å². The molecule has 5 heteroatoms. The summed E-state index contributed by atoms with van der Waals surface area (Å²) in [5.41, 5.74) is 1.20. The van der Waals surface area contributed by atoms with Gasteiger partial charge in [0.2, 0.25) is 0 Å². The van der Waals surface area contributed by atoms with Gasteiger partial charge in [0.05, 0.1) is 5.92 Å². The first kappa shape index (κ1) is 13.0. The lowest BCUT2D eigenvalue weighted by Crippen LogP contribution is -2.11. The molecular weight excluding hydrogens is 218 g/mol. The topological polar surface area (TPSA) is 86.0 Å². The molecule has 0 aliphatic carbocycles. The summed E-state index contributed by atoms with van der Waals surface area (Å²) in [4.78, 5) is 14.4. The maximum absolute atomic E-state index is 10.6. The van der Waals surface area contributed by atoms with Crippen molar-refractivity contribution in [2.24, 2.45) is 5.92 Å². The molecule has 0 fully saturated rings. The molecule has 17 heavy (non-hydrogen) atoms. The molecule has 0 aliphatic rings. The number of nitrogens with one attached hydrogen (secondary N) is 1. The van der Waals surface area contributed by atoms with Gasteiger partial charge in [-0.3, -0.25) is 4.79 Å². The molecule has 1 rings (SSSR count). The van der Waals surface area contributed by atoms with E-state index in [2.05, 4.69) is 10.3 Å². The molecule has 1 unspecified atom stereocenters. The highest BCUT2D eigenvalue weighted by atomic mass is 16.4. The Kier molecular flexibility index (Phi) is 4.95. The molecule has 0 bridgehead atoms. The lowest BCUT2D eigenvalue weighted by Gasteiger charge is -2.08. The Balaban J connectivity index is 2.31. The van der Waals surface area contributed by atoms with E-state index >= 15 is 0 Å². The number of hydrogen-bond donors (Lipinski definition) is 2. The summed E-state index contributed by atoms with van der Waals surface area (Å²) in [5.74, 6) is -1.08. The SMILES string of the molecule is CC(CCCNc1ccnc(C#N)c1)C(=O)O. The highest BCUT2D eigenvalue weighted by Gasteiger charge is 2.09. The fraction of sp³-hybridized carbons (Fsp3) is 0.417. The van der Waals surface area contributed by atoms with Crippen molar-refractivity contribution in [3.8, 4) is 6.07 Å². The van der Waals surface area contributed by atoms with Gasteiger partial charge >= 0.3 is 5.97 Å². The summed E-state index contributed by atoms with van der Waals surface area (Å²) in [6, 6.07) is 5.41. The molecule has 1 heterocycles. The lowest BCUT2D eigenvalue weighted by molar-refractivity contribution is -0.141. The third kappa shape index (κ3) is 4.51. The van der Waals surface area contributed by atoms with Gasteiger partial charge in [0.1, 0.15) is 11.8 Å². The Morgan fingerprint density at radius 3 is 3.12 bits per heavy atom. The molecule has 0 radical (unpaired) electrons. The second-order valence-electron chi connectivity index (χ2n) is 3.85. The summed E-state index contributed by atoms with van der Waals surface area (Å²) in [6.45, 7) is 2.38. The van der Waals surface area contributed by atoms with Gasteiger partial charge in [0.15, 0.2) is 0 Å². The minimum atomic E-state index is -0.763. The summed E-state index contributed by atoms with van der Waals surface area (Å²) < 4.78 is 0. The van der Waals surface area contributed by atoms with Crippen LogP contribution in [0.1, 0.15) is 25.5 Å². The van der Waals surface area contributed by atoms with Gasteiger partial charge in [-0.05, 0) is 25.0 Å². The van der Waals surface area contributed by atoms with Crippen LogP contribution in [-0.2, 0) is 4.79 Å². The van der Waals surface area contributed by atoms with E-state index in [0.29, 0.717) is 18.7 Å². The molecule has 0 saturated carbocycles. The molecule has 1 atom stereocenters. The van der Waals surface area contributed by atoms with Gasteiger partial charge < -0.3 is 10.4 Å². The Morgan fingerprint density at radius 1 is 1.71 bits per heavy atom. The van der Waals surface area contributed by atoms with E-state index in [-0.39, 0.29) is 5.92 Å². The van der Waals surface area contributed by atoms with Crippen LogP contribution in [0.15, 0.2) is 18.3 Å². The van der Waals surface area contributed by atoms with Crippen LogP contribution in [0.4, 0.5) is 5.69 Å². The second-order valence-corrected chi connectivity index (χ2v) is 3.85. The average molecular weight is 233 g/mol. The average Bonchev–Trinajstić information content (AvgIpc) is 2.34. The predicted molar refractivity (Wildman–Crippen MR) is 63.5 cm³/mol. The Hall–Kier alpha value is -2.09. The smallest absolute Gasteiger partial charge is 0.306 e. The third-order valence-corrected chi connectivity index (χ3v) is 2.44. The zero-order valence-corrected chi connectivity index (χ0v) is 9.68. The van der Waals surface area contributed by atoms with Crippen LogP contribution in [0.2, 0.25) is 0 Å². The molecule has 0 amide bonds. The number of nitrogens with zero attached hydrogens (tertiary/aromatic N) is 2. The first-order valence-electron chi connectivity index (χ1n) is 5.46. The van der Waals surface area contributed by atoms with Crippen LogP contribution in [0, 0.1) is 17.2 Å². The summed E-state index contributed by atoms with van der Waals surface area (Å²) >= 11 is 0. The molecule has 0 aliphatic heterocycles. The number of hydrogen-bond acceptors (Lipinski definition) is 4. The molecular formula is C12H15N3O2. The van der Waals surface area contributed by atoms with Crippen molar-refractivity contribution in [2.75, 3.05) is 11.9 Å². The minimum Gasteiger partial charge on any atom is -0.481 e. The van der Waals surface area contributed by atoms with E-state index in [1.165, 1.54) is 0 Å². The van der Waals surface area contributed by atoms with Crippen molar-refractivity contribution in [3.63, 3.8) is 0 Å².